The lowest BCUT2D eigenvalue weighted by Gasteiger charge is -2.21. The predicted molar refractivity (Wildman–Crippen MR) is 203 cm³/mol. The number of hydrogen-bond donors (Lipinski definition) is 0. The van der Waals surface area contributed by atoms with Crippen molar-refractivity contribution >= 4 is 53.9 Å². The molecule has 52 heavy (non-hydrogen) atoms. The van der Waals surface area contributed by atoms with Crippen molar-refractivity contribution in [1.82, 2.24) is 4.98 Å². The first-order valence-corrected chi connectivity index (χ1v) is 17.1. The van der Waals surface area contributed by atoms with Crippen molar-refractivity contribution < 1.29 is 22.0 Å². The Labute approximate surface area is 296 Å². The van der Waals surface area contributed by atoms with Gasteiger partial charge in [0, 0.05) is 22.5 Å². The number of nitrogens with zero attached hydrogens (tertiary/aromatic N) is 1. The van der Waals surface area contributed by atoms with Crippen molar-refractivity contribution in [3.8, 4) is 33.4 Å². The van der Waals surface area contributed by atoms with E-state index in [1.54, 1.807) is 12.1 Å². The Morgan fingerprint density at radius 2 is 1.13 bits per heavy atom. The molecule has 0 radical (unpaired) electrons. The van der Waals surface area contributed by atoms with E-state index in [1.165, 1.54) is 30.0 Å². The second-order valence-corrected chi connectivity index (χ2v) is 14.5. The number of halogens is 5. The molecule has 0 bridgehead atoms. The minimum Gasteiger partial charge on any atom is -0.251 e. The van der Waals surface area contributed by atoms with Crippen LogP contribution in [0.25, 0.3) is 87.2 Å². The maximum atomic E-state index is 16.3. The van der Waals surface area contributed by atoms with Gasteiger partial charge in [-0.2, -0.15) is 13.2 Å². The zero-order chi connectivity index (χ0) is 36.1. The highest BCUT2D eigenvalue weighted by molar-refractivity contribution is 6.30. The van der Waals surface area contributed by atoms with E-state index >= 15 is 8.78 Å². The Balaban J connectivity index is 1.35. The minimum atomic E-state index is -4.59. The molecule has 0 atom stereocenters. The van der Waals surface area contributed by atoms with Crippen molar-refractivity contribution in [3.63, 3.8) is 0 Å². The van der Waals surface area contributed by atoms with Gasteiger partial charge in [-0.3, -0.25) is 4.98 Å². The summed E-state index contributed by atoms with van der Waals surface area (Å²) in [5, 5.41) is 7.71. The van der Waals surface area contributed by atoms with Gasteiger partial charge in [0.15, 0.2) is 0 Å². The highest BCUT2D eigenvalue weighted by Crippen LogP contribution is 2.48. The zero-order valence-corrected chi connectivity index (χ0v) is 28.5. The summed E-state index contributed by atoms with van der Waals surface area (Å²) >= 11 is 0. The van der Waals surface area contributed by atoms with Gasteiger partial charge < -0.3 is 0 Å². The first kappa shape index (κ1) is 32.1. The monoisotopic (exact) mass is 691 g/mol. The van der Waals surface area contributed by atoms with Gasteiger partial charge in [0.1, 0.15) is 17.3 Å². The Morgan fingerprint density at radius 1 is 0.500 bits per heavy atom. The topological polar surface area (TPSA) is 12.9 Å². The van der Waals surface area contributed by atoms with Crippen LogP contribution in [0.1, 0.15) is 32.0 Å². The van der Waals surface area contributed by atoms with Gasteiger partial charge in [0.2, 0.25) is 0 Å². The number of hydrogen-bond acceptors (Lipinski definition) is 1. The summed E-state index contributed by atoms with van der Waals surface area (Å²) in [7, 11) is 0. The standard InChI is InChI=1S/C46H30F5N/c1-45(2,3)28-13-8-25(9-14-28)30-16-10-26-11-17-34-33(19-20-36-39(48)23-38(30)42(26)44(34)36)43-32-7-5-4-6-31(32)41(37-22-29(47)15-18-35(37)43)27-12-21-40(52-24-27)46(49,50)51/h4-24H,1-3H3. The molecular weight excluding hydrogens is 662 g/mol. The van der Waals surface area contributed by atoms with Gasteiger partial charge in [-0.25, -0.2) is 8.78 Å². The van der Waals surface area contributed by atoms with Crippen LogP contribution in [0, 0.1) is 11.6 Å². The normalized spacial score (nSPS) is 12.6. The Bertz CT molecular complexity index is 2860. The molecule has 0 aliphatic heterocycles. The maximum absolute atomic E-state index is 16.3. The second kappa shape index (κ2) is 11.3. The summed E-state index contributed by atoms with van der Waals surface area (Å²) in [5.41, 5.74) is 4.83. The minimum absolute atomic E-state index is 0.00333. The molecule has 0 spiro atoms. The van der Waals surface area contributed by atoms with Gasteiger partial charge in [0.05, 0.1) is 0 Å². The summed E-state index contributed by atoms with van der Waals surface area (Å²) in [6.45, 7) is 6.52. The van der Waals surface area contributed by atoms with E-state index in [0.29, 0.717) is 27.3 Å². The molecule has 1 heterocycles. The smallest absolute Gasteiger partial charge is 0.251 e. The number of fused-ring (bicyclic) bond motifs is 2. The van der Waals surface area contributed by atoms with Crippen molar-refractivity contribution in [1.29, 1.82) is 0 Å². The van der Waals surface area contributed by atoms with Crippen LogP contribution >= 0.6 is 0 Å². The fourth-order valence-corrected chi connectivity index (χ4v) is 7.92. The molecule has 8 aromatic carbocycles. The largest absolute Gasteiger partial charge is 0.433 e. The van der Waals surface area contributed by atoms with Gasteiger partial charge in [-0.15, -0.1) is 0 Å². The first-order valence-electron chi connectivity index (χ1n) is 17.1. The molecule has 0 saturated carbocycles. The van der Waals surface area contributed by atoms with E-state index in [1.807, 2.05) is 42.5 Å². The molecule has 0 N–H and O–H groups in total. The highest BCUT2D eigenvalue weighted by atomic mass is 19.4. The molecule has 0 amide bonds. The van der Waals surface area contributed by atoms with Crippen LogP contribution in [0.2, 0.25) is 0 Å². The van der Waals surface area contributed by atoms with E-state index in [0.717, 1.165) is 66.0 Å². The summed E-state index contributed by atoms with van der Waals surface area (Å²) in [6.07, 6.45) is -3.40. The Morgan fingerprint density at radius 3 is 1.83 bits per heavy atom. The van der Waals surface area contributed by atoms with Crippen LogP contribution < -0.4 is 0 Å². The maximum Gasteiger partial charge on any atom is 0.433 e. The van der Waals surface area contributed by atoms with E-state index in [4.69, 9.17) is 0 Å². The number of benzene rings is 8. The third-order valence-electron chi connectivity index (χ3n) is 10.4. The van der Waals surface area contributed by atoms with Crippen molar-refractivity contribution in [2.75, 3.05) is 0 Å². The lowest BCUT2D eigenvalue weighted by Crippen LogP contribution is -2.10. The molecule has 0 aliphatic rings. The van der Waals surface area contributed by atoms with Crippen LogP contribution in [0.4, 0.5) is 22.0 Å². The van der Waals surface area contributed by atoms with Crippen LogP contribution in [0.5, 0.6) is 0 Å². The van der Waals surface area contributed by atoms with Crippen molar-refractivity contribution in [3.05, 3.63) is 150 Å². The fraction of sp³-hybridized carbons (Fsp3) is 0.109. The molecule has 0 saturated heterocycles. The van der Waals surface area contributed by atoms with Crippen LogP contribution in [0.15, 0.2) is 128 Å². The van der Waals surface area contributed by atoms with Gasteiger partial charge in [-0.05, 0) is 106 Å². The summed E-state index contributed by atoms with van der Waals surface area (Å²) in [4.78, 5) is 3.73. The van der Waals surface area contributed by atoms with E-state index in [9.17, 15) is 13.2 Å². The lowest BCUT2D eigenvalue weighted by molar-refractivity contribution is -0.141. The lowest BCUT2D eigenvalue weighted by atomic mass is 9.82. The van der Waals surface area contributed by atoms with Gasteiger partial charge in [-0.1, -0.05) is 118 Å². The van der Waals surface area contributed by atoms with Crippen molar-refractivity contribution in [2.45, 2.75) is 32.4 Å². The van der Waals surface area contributed by atoms with E-state index in [-0.39, 0.29) is 11.2 Å². The zero-order valence-electron chi connectivity index (χ0n) is 28.5. The van der Waals surface area contributed by atoms with Crippen LogP contribution in [-0.4, -0.2) is 4.98 Å². The average Bonchev–Trinajstić information content (AvgIpc) is 3.12. The Hall–Kier alpha value is -5.88. The molecule has 0 fully saturated rings. The van der Waals surface area contributed by atoms with Crippen molar-refractivity contribution in [2.24, 2.45) is 0 Å². The highest BCUT2D eigenvalue weighted by Gasteiger charge is 2.32. The van der Waals surface area contributed by atoms with Crippen LogP contribution in [-0.2, 0) is 11.6 Å². The van der Waals surface area contributed by atoms with Crippen LogP contribution in [0.3, 0.4) is 0 Å². The first-order chi connectivity index (χ1) is 24.9. The summed E-state index contributed by atoms with van der Waals surface area (Å²) in [5.74, 6) is -0.799. The molecule has 0 unspecified atom stereocenters. The number of alkyl halides is 3. The molecule has 9 aromatic rings. The molecule has 1 nitrogen and oxygen atoms in total. The third kappa shape index (κ3) is 4.92. The average molecular weight is 692 g/mol. The van der Waals surface area contributed by atoms with Gasteiger partial charge >= 0.3 is 6.18 Å². The second-order valence-electron chi connectivity index (χ2n) is 14.5. The van der Waals surface area contributed by atoms with Gasteiger partial charge in [0.25, 0.3) is 0 Å². The summed E-state index contributed by atoms with van der Waals surface area (Å²) < 4.78 is 71.7. The third-order valence-corrected chi connectivity index (χ3v) is 10.4. The van der Waals surface area contributed by atoms with E-state index < -0.39 is 17.7 Å². The summed E-state index contributed by atoms with van der Waals surface area (Å²) in [6, 6.07) is 36.5. The molecule has 9 rings (SSSR count). The molecule has 1 aromatic heterocycles. The van der Waals surface area contributed by atoms with E-state index in [2.05, 4.69) is 68.2 Å². The fourth-order valence-electron chi connectivity index (χ4n) is 7.92. The molecular formula is C46H30F5N. The number of aromatic nitrogens is 1. The molecule has 0 aliphatic carbocycles. The SMILES string of the molecule is CC(C)(C)c1ccc(-c2ccc3ccc4c(-c5c6ccccc6c(-c6ccc(C(F)(F)F)nc6)c6cc(F)ccc56)ccc5c(F)cc2c3c54)cc1. The number of pyridine rings is 1. The Kier molecular flexibility index (Phi) is 6.97. The predicted octanol–water partition coefficient (Wildman–Crippen LogP) is 13.9. The molecule has 254 valence electrons. The number of rotatable bonds is 3. The quantitative estimate of drug-likeness (QED) is 0.102. The molecule has 6 heteroatoms.